The number of carbonyl (C=O) groups is 3. The predicted molar refractivity (Wildman–Crippen MR) is 155 cm³/mol. The van der Waals surface area contributed by atoms with Gasteiger partial charge in [-0.2, -0.15) is 4.31 Å². The van der Waals surface area contributed by atoms with Crippen molar-refractivity contribution >= 4 is 44.2 Å². The first-order valence-electron chi connectivity index (χ1n) is 13.0. The quantitative estimate of drug-likeness (QED) is 0.353. The number of thiophene rings is 1. The van der Waals surface area contributed by atoms with Gasteiger partial charge in [0.15, 0.2) is 0 Å². The molecule has 212 valence electrons. The van der Waals surface area contributed by atoms with E-state index >= 15 is 0 Å². The molecule has 4 amide bonds. The van der Waals surface area contributed by atoms with Gasteiger partial charge in [-0.1, -0.05) is 44.2 Å². The molecule has 3 N–H and O–H groups in total. The second-order valence-corrected chi connectivity index (χ2v) is 12.3. The van der Waals surface area contributed by atoms with Crippen molar-refractivity contribution in [1.29, 1.82) is 0 Å². The molecule has 0 saturated carbocycles. The minimum absolute atomic E-state index is 0.100. The number of nitrogens with zero attached hydrogens (tertiary/aromatic N) is 2. The predicted octanol–water partition coefficient (Wildman–Crippen LogP) is 3.66. The van der Waals surface area contributed by atoms with Crippen molar-refractivity contribution in [2.75, 3.05) is 32.0 Å². The number of hydrogen-bond donors (Lipinski definition) is 3. The molecule has 10 nitrogen and oxygen atoms in total. The van der Waals surface area contributed by atoms with Gasteiger partial charge in [-0.25, -0.2) is 13.2 Å². The average Bonchev–Trinajstić information content (AvgIpc) is 3.31. The van der Waals surface area contributed by atoms with Crippen molar-refractivity contribution in [3.8, 4) is 0 Å². The van der Waals surface area contributed by atoms with Gasteiger partial charge < -0.3 is 10.6 Å². The van der Waals surface area contributed by atoms with Gasteiger partial charge in [-0.05, 0) is 41.8 Å². The van der Waals surface area contributed by atoms with Crippen molar-refractivity contribution in [1.82, 2.24) is 19.8 Å². The molecule has 12 heteroatoms. The molecule has 0 saturated heterocycles. The standard InChI is InChI=1S/C28H33N5O5S2/c1-4-33(5-2)40(37,38)21-13-11-20(12-14-21)25(34)30-27-24(26(35)31-28(36)29-3)22-15-16-32(18-23(22)39-27)17-19-9-7-6-8-10-19/h6-14H,4-5,15-18H2,1-3H3,(H,30,34)(H2,29,31,35,36). The molecular formula is C28H33N5O5S2. The van der Waals surface area contributed by atoms with Crippen molar-refractivity contribution in [2.24, 2.45) is 0 Å². The maximum Gasteiger partial charge on any atom is 0.321 e. The number of carbonyl (C=O) groups excluding carboxylic acids is 3. The molecule has 1 aromatic heterocycles. The normalized spacial score (nSPS) is 13.5. The Morgan fingerprint density at radius 3 is 2.27 bits per heavy atom. The minimum atomic E-state index is -3.66. The lowest BCUT2D eigenvalue weighted by atomic mass is 10.0. The SMILES string of the molecule is CCN(CC)S(=O)(=O)c1ccc(C(=O)Nc2sc3c(c2C(=O)NC(=O)NC)CCN(Cc2ccccc2)C3)cc1. The van der Waals surface area contributed by atoms with E-state index in [9.17, 15) is 22.8 Å². The number of sulfonamides is 1. The number of nitrogens with one attached hydrogen (secondary N) is 3. The molecular weight excluding hydrogens is 550 g/mol. The first kappa shape index (κ1) is 29.4. The lowest BCUT2D eigenvalue weighted by Crippen LogP contribution is -2.38. The fraction of sp³-hybridized carbons (Fsp3) is 0.321. The van der Waals surface area contributed by atoms with Crippen LogP contribution in [-0.4, -0.2) is 62.2 Å². The molecule has 1 aliphatic rings. The van der Waals surface area contributed by atoms with Gasteiger partial charge in [0.25, 0.3) is 11.8 Å². The van der Waals surface area contributed by atoms with Crippen LogP contribution in [0.25, 0.3) is 0 Å². The van der Waals surface area contributed by atoms with E-state index in [4.69, 9.17) is 0 Å². The fourth-order valence-electron chi connectivity index (χ4n) is 4.66. The van der Waals surface area contributed by atoms with Crippen LogP contribution in [-0.2, 0) is 29.5 Å². The highest BCUT2D eigenvalue weighted by molar-refractivity contribution is 7.89. The van der Waals surface area contributed by atoms with E-state index in [1.54, 1.807) is 13.8 Å². The van der Waals surface area contributed by atoms with Crippen molar-refractivity contribution in [2.45, 2.75) is 38.3 Å². The van der Waals surface area contributed by atoms with Gasteiger partial charge in [0.2, 0.25) is 10.0 Å². The highest BCUT2D eigenvalue weighted by Gasteiger charge is 2.30. The Hall–Kier alpha value is -3.58. The Labute approximate surface area is 238 Å². The zero-order valence-electron chi connectivity index (χ0n) is 22.7. The van der Waals surface area contributed by atoms with Crippen LogP contribution in [0.4, 0.5) is 9.80 Å². The number of imide groups is 1. The molecule has 40 heavy (non-hydrogen) atoms. The molecule has 0 fully saturated rings. The van der Waals surface area contributed by atoms with Crippen LogP contribution in [0.2, 0.25) is 0 Å². The number of hydrogen-bond acceptors (Lipinski definition) is 7. The molecule has 0 radical (unpaired) electrons. The topological polar surface area (TPSA) is 128 Å². The van der Waals surface area contributed by atoms with Crippen molar-refractivity contribution < 1.29 is 22.8 Å². The van der Waals surface area contributed by atoms with Crippen molar-refractivity contribution in [3.05, 3.63) is 81.7 Å². The third kappa shape index (κ3) is 6.41. The first-order chi connectivity index (χ1) is 19.2. The smallest absolute Gasteiger partial charge is 0.321 e. The summed E-state index contributed by atoms with van der Waals surface area (Å²) >= 11 is 1.31. The number of fused-ring (bicyclic) bond motifs is 1. The summed E-state index contributed by atoms with van der Waals surface area (Å²) in [6.07, 6.45) is 0.586. The molecule has 0 atom stereocenters. The van der Waals surface area contributed by atoms with E-state index < -0.39 is 27.9 Å². The van der Waals surface area contributed by atoms with E-state index in [1.165, 1.54) is 52.5 Å². The van der Waals surface area contributed by atoms with E-state index in [2.05, 4.69) is 33.0 Å². The Morgan fingerprint density at radius 1 is 0.975 bits per heavy atom. The number of benzene rings is 2. The Balaban J connectivity index is 1.59. The first-order valence-corrected chi connectivity index (χ1v) is 15.3. The highest BCUT2D eigenvalue weighted by atomic mass is 32.2. The molecule has 3 aromatic rings. The third-order valence-corrected chi connectivity index (χ3v) is 9.95. The van der Waals surface area contributed by atoms with Gasteiger partial charge in [-0.15, -0.1) is 11.3 Å². The molecule has 2 heterocycles. The number of amides is 4. The molecule has 0 unspecified atom stereocenters. The van der Waals surface area contributed by atoms with Gasteiger partial charge in [0.1, 0.15) is 5.00 Å². The van der Waals surface area contributed by atoms with Crippen LogP contribution in [0.3, 0.4) is 0 Å². The van der Waals surface area contributed by atoms with E-state index in [-0.39, 0.29) is 16.0 Å². The Morgan fingerprint density at radius 2 is 1.65 bits per heavy atom. The fourth-order valence-corrected chi connectivity index (χ4v) is 7.40. The summed E-state index contributed by atoms with van der Waals surface area (Å²) < 4.78 is 26.9. The van der Waals surface area contributed by atoms with Crippen molar-refractivity contribution in [3.63, 3.8) is 0 Å². The summed E-state index contributed by atoms with van der Waals surface area (Å²) in [7, 11) is -2.24. The monoisotopic (exact) mass is 583 g/mol. The van der Waals surface area contributed by atoms with Gasteiger partial charge in [0, 0.05) is 50.2 Å². The lowest BCUT2D eigenvalue weighted by Gasteiger charge is -2.27. The molecule has 2 aromatic carbocycles. The zero-order chi connectivity index (χ0) is 28.9. The van der Waals surface area contributed by atoms with E-state index in [0.717, 1.165) is 23.5 Å². The second kappa shape index (κ2) is 12.7. The summed E-state index contributed by atoms with van der Waals surface area (Å²) in [6, 6.07) is 15.2. The molecule has 0 aliphatic carbocycles. The molecule has 0 spiro atoms. The Kier molecular flexibility index (Phi) is 9.36. The van der Waals surface area contributed by atoms with Crippen LogP contribution in [0, 0.1) is 0 Å². The molecule has 0 bridgehead atoms. The number of anilines is 1. The van der Waals surface area contributed by atoms with Crippen LogP contribution in [0.1, 0.15) is 50.6 Å². The van der Waals surface area contributed by atoms with Gasteiger partial charge >= 0.3 is 6.03 Å². The van der Waals surface area contributed by atoms with Crippen LogP contribution >= 0.6 is 11.3 Å². The zero-order valence-corrected chi connectivity index (χ0v) is 24.3. The summed E-state index contributed by atoms with van der Waals surface area (Å²) in [5.41, 5.74) is 2.51. The number of urea groups is 1. The number of rotatable bonds is 9. The van der Waals surface area contributed by atoms with E-state index in [1.807, 2.05) is 18.2 Å². The highest BCUT2D eigenvalue weighted by Crippen LogP contribution is 2.38. The van der Waals surface area contributed by atoms with Crippen LogP contribution in [0.15, 0.2) is 59.5 Å². The maximum absolute atomic E-state index is 13.2. The Bertz CT molecular complexity index is 1480. The summed E-state index contributed by atoms with van der Waals surface area (Å²) in [5.74, 6) is -1.08. The molecule has 4 rings (SSSR count). The van der Waals surface area contributed by atoms with E-state index in [0.29, 0.717) is 31.1 Å². The largest absolute Gasteiger partial charge is 0.341 e. The summed E-state index contributed by atoms with van der Waals surface area (Å²) in [4.78, 5) is 41.6. The minimum Gasteiger partial charge on any atom is -0.341 e. The van der Waals surface area contributed by atoms with Gasteiger partial charge in [-0.3, -0.25) is 19.8 Å². The van der Waals surface area contributed by atoms with Crippen LogP contribution in [0.5, 0.6) is 0 Å². The van der Waals surface area contributed by atoms with Crippen LogP contribution < -0.4 is 16.0 Å². The summed E-state index contributed by atoms with van der Waals surface area (Å²) in [6.45, 7) is 6.28. The summed E-state index contributed by atoms with van der Waals surface area (Å²) in [5, 5.41) is 7.87. The maximum atomic E-state index is 13.2. The lowest BCUT2D eigenvalue weighted by molar-refractivity contribution is 0.0964. The second-order valence-electron chi connectivity index (χ2n) is 9.26. The average molecular weight is 584 g/mol. The molecule has 1 aliphatic heterocycles. The van der Waals surface area contributed by atoms with Gasteiger partial charge in [0.05, 0.1) is 10.5 Å². The third-order valence-electron chi connectivity index (χ3n) is 6.75.